The van der Waals surface area contributed by atoms with E-state index in [2.05, 4.69) is 10.2 Å². The SMILES string of the molecule is O=C1C(=O)N(CCN2CCNCC2)C(c2ccc(F)cc2)C1=C(O)c1ccccc1. The minimum absolute atomic E-state index is 0.0399. The van der Waals surface area contributed by atoms with Crippen molar-refractivity contribution in [2.75, 3.05) is 39.3 Å². The number of nitrogens with one attached hydrogen (secondary N) is 1. The van der Waals surface area contributed by atoms with Gasteiger partial charge in [0, 0.05) is 44.8 Å². The Morgan fingerprint density at radius 3 is 2.33 bits per heavy atom. The van der Waals surface area contributed by atoms with Crippen LogP contribution in [-0.2, 0) is 9.59 Å². The van der Waals surface area contributed by atoms with Gasteiger partial charge in [0.15, 0.2) is 0 Å². The summed E-state index contributed by atoms with van der Waals surface area (Å²) in [5.41, 5.74) is 1.09. The third kappa shape index (κ3) is 3.99. The number of benzene rings is 2. The van der Waals surface area contributed by atoms with Crippen LogP contribution >= 0.6 is 0 Å². The second kappa shape index (κ2) is 8.77. The van der Waals surface area contributed by atoms with E-state index in [4.69, 9.17) is 0 Å². The van der Waals surface area contributed by atoms with E-state index in [1.165, 1.54) is 17.0 Å². The van der Waals surface area contributed by atoms with E-state index >= 15 is 0 Å². The lowest BCUT2D eigenvalue weighted by atomic mass is 9.95. The molecule has 1 unspecified atom stereocenters. The number of Topliss-reactive ketones (excluding diaryl/α,β-unsaturated/α-hetero) is 1. The summed E-state index contributed by atoms with van der Waals surface area (Å²) >= 11 is 0. The van der Waals surface area contributed by atoms with Crippen LogP contribution in [0.4, 0.5) is 4.39 Å². The lowest BCUT2D eigenvalue weighted by Crippen LogP contribution is -2.46. The summed E-state index contributed by atoms with van der Waals surface area (Å²) in [4.78, 5) is 29.5. The predicted molar refractivity (Wildman–Crippen MR) is 111 cm³/mol. The number of hydrogen-bond acceptors (Lipinski definition) is 5. The van der Waals surface area contributed by atoms with Crippen LogP contribution in [0.3, 0.4) is 0 Å². The highest BCUT2D eigenvalue weighted by Gasteiger charge is 2.46. The molecule has 2 fully saturated rings. The van der Waals surface area contributed by atoms with Crippen LogP contribution in [-0.4, -0.2) is 65.9 Å². The van der Waals surface area contributed by atoms with E-state index in [1.807, 2.05) is 0 Å². The van der Waals surface area contributed by atoms with Crippen LogP contribution in [0, 0.1) is 5.82 Å². The first kappa shape index (κ1) is 20.3. The van der Waals surface area contributed by atoms with Gasteiger partial charge in [-0.1, -0.05) is 42.5 Å². The Labute approximate surface area is 174 Å². The average molecular weight is 409 g/mol. The molecule has 7 heteroatoms. The van der Waals surface area contributed by atoms with Crippen LogP contribution in [0.5, 0.6) is 0 Å². The maximum atomic E-state index is 13.5. The van der Waals surface area contributed by atoms with Gasteiger partial charge in [0.2, 0.25) is 0 Å². The number of aliphatic hydroxyl groups is 1. The van der Waals surface area contributed by atoms with E-state index < -0.39 is 23.5 Å². The molecular formula is C23H24FN3O3. The molecule has 2 heterocycles. The number of rotatable bonds is 5. The van der Waals surface area contributed by atoms with Crippen molar-refractivity contribution in [2.45, 2.75) is 6.04 Å². The van der Waals surface area contributed by atoms with Crippen molar-refractivity contribution in [2.24, 2.45) is 0 Å². The fourth-order valence-electron chi connectivity index (χ4n) is 4.04. The van der Waals surface area contributed by atoms with Crippen molar-refractivity contribution in [1.82, 2.24) is 15.1 Å². The molecule has 2 aromatic carbocycles. The summed E-state index contributed by atoms with van der Waals surface area (Å²) in [5, 5.41) is 14.2. The number of piperazine rings is 1. The van der Waals surface area contributed by atoms with Crippen LogP contribution in [0.1, 0.15) is 17.2 Å². The van der Waals surface area contributed by atoms with Gasteiger partial charge in [0.05, 0.1) is 11.6 Å². The maximum Gasteiger partial charge on any atom is 0.295 e. The third-order valence-corrected chi connectivity index (χ3v) is 5.64. The van der Waals surface area contributed by atoms with Gasteiger partial charge in [-0.25, -0.2) is 4.39 Å². The molecule has 30 heavy (non-hydrogen) atoms. The van der Waals surface area contributed by atoms with E-state index in [1.54, 1.807) is 42.5 Å². The van der Waals surface area contributed by atoms with Gasteiger partial charge in [0.25, 0.3) is 11.7 Å². The number of aliphatic hydroxyl groups excluding tert-OH is 1. The molecule has 0 aliphatic carbocycles. The molecule has 0 radical (unpaired) electrons. The molecule has 0 saturated carbocycles. The highest BCUT2D eigenvalue weighted by molar-refractivity contribution is 6.46. The summed E-state index contributed by atoms with van der Waals surface area (Å²) in [6.45, 7) is 4.47. The molecular weight excluding hydrogens is 385 g/mol. The largest absolute Gasteiger partial charge is 0.507 e. The molecule has 2 aliphatic rings. The molecule has 0 aromatic heterocycles. The zero-order valence-electron chi connectivity index (χ0n) is 16.6. The van der Waals surface area contributed by atoms with Crippen molar-refractivity contribution in [3.8, 4) is 0 Å². The Bertz CT molecular complexity index is 953. The van der Waals surface area contributed by atoms with Gasteiger partial charge in [0.1, 0.15) is 11.6 Å². The minimum Gasteiger partial charge on any atom is -0.507 e. The highest BCUT2D eigenvalue weighted by Crippen LogP contribution is 2.39. The molecule has 1 atom stereocenters. The third-order valence-electron chi connectivity index (χ3n) is 5.64. The van der Waals surface area contributed by atoms with Crippen molar-refractivity contribution < 1.29 is 19.1 Å². The number of amides is 1. The average Bonchev–Trinajstić information content (AvgIpc) is 3.04. The van der Waals surface area contributed by atoms with Crippen LogP contribution < -0.4 is 5.32 Å². The standard InChI is InChI=1S/C23H24FN3O3/c24-18-8-6-16(7-9-18)20-19(21(28)17-4-2-1-3-5-17)22(29)23(30)27(20)15-14-26-12-10-25-11-13-26/h1-9,20,25,28H,10-15H2. The van der Waals surface area contributed by atoms with Crippen molar-refractivity contribution >= 4 is 17.4 Å². The topological polar surface area (TPSA) is 72.9 Å². The Kier molecular flexibility index (Phi) is 5.92. The summed E-state index contributed by atoms with van der Waals surface area (Å²) in [5.74, 6) is -1.98. The van der Waals surface area contributed by atoms with Crippen LogP contribution in [0.2, 0.25) is 0 Å². The molecule has 2 N–H and O–H groups in total. The first-order valence-corrected chi connectivity index (χ1v) is 10.1. The molecule has 1 amide bonds. The molecule has 0 spiro atoms. The molecule has 0 bridgehead atoms. The number of carbonyl (C=O) groups is 2. The van der Waals surface area contributed by atoms with E-state index in [0.29, 0.717) is 24.2 Å². The Morgan fingerprint density at radius 1 is 1.00 bits per heavy atom. The maximum absolute atomic E-state index is 13.5. The molecule has 2 aromatic rings. The number of nitrogens with zero attached hydrogens (tertiary/aromatic N) is 2. The summed E-state index contributed by atoms with van der Waals surface area (Å²) in [7, 11) is 0. The first-order chi connectivity index (χ1) is 14.6. The highest BCUT2D eigenvalue weighted by atomic mass is 19.1. The second-order valence-electron chi connectivity index (χ2n) is 7.50. The normalized spacial score (nSPS) is 21.9. The molecule has 156 valence electrons. The van der Waals surface area contributed by atoms with Gasteiger partial charge in [-0.05, 0) is 17.7 Å². The van der Waals surface area contributed by atoms with Gasteiger partial charge >= 0.3 is 0 Å². The Hall–Kier alpha value is -3.03. The first-order valence-electron chi connectivity index (χ1n) is 10.1. The number of ketones is 1. The molecule has 6 nitrogen and oxygen atoms in total. The summed E-state index contributed by atoms with van der Waals surface area (Å²) < 4.78 is 13.5. The molecule has 4 rings (SSSR count). The lowest BCUT2D eigenvalue weighted by molar-refractivity contribution is -0.140. The smallest absolute Gasteiger partial charge is 0.295 e. The zero-order valence-corrected chi connectivity index (χ0v) is 16.6. The van der Waals surface area contributed by atoms with Crippen LogP contribution in [0.25, 0.3) is 5.76 Å². The predicted octanol–water partition coefficient (Wildman–Crippen LogP) is 2.15. The van der Waals surface area contributed by atoms with Crippen LogP contribution in [0.15, 0.2) is 60.2 Å². The number of likely N-dealkylation sites (tertiary alicyclic amines) is 1. The Morgan fingerprint density at radius 2 is 1.67 bits per heavy atom. The lowest BCUT2D eigenvalue weighted by Gasteiger charge is -2.31. The number of halogens is 1. The van der Waals surface area contributed by atoms with Gasteiger partial charge in [-0.15, -0.1) is 0 Å². The van der Waals surface area contributed by atoms with Crippen molar-refractivity contribution in [1.29, 1.82) is 0 Å². The van der Waals surface area contributed by atoms with Crippen molar-refractivity contribution in [3.05, 3.63) is 77.1 Å². The number of hydrogen-bond donors (Lipinski definition) is 2. The van der Waals surface area contributed by atoms with Gasteiger partial charge in [-0.3, -0.25) is 14.5 Å². The fraction of sp³-hybridized carbons (Fsp3) is 0.304. The molecule has 2 saturated heterocycles. The zero-order chi connectivity index (χ0) is 21.1. The number of carbonyl (C=O) groups excluding carboxylic acids is 2. The van der Waals surface area contributed by atoms with E-state index in [9.17, 15) is 19.1 Å². The fourth-order valence-corrected chi connectivity index (χ4v) is 4.04. The van der Waals surface area contributed by atoms with Gasteiger partial charge in [-0.2, -0.15) is 0 Å². The molecule has 2 aliphatic heterocycles. The summed E-state index contributed by atoms with van der Waals surface area (Å²) in [6.07, 6.45) is 0. The quantitative estimate of drug-likeness (QED) is 0.450. The van der Waals surface area contributed by atoms with Gasteiger partial charge < -0.3 is 15.3 Å². The second-order valence-corrected chi connectivity index (χ2v) is 7.50. The summed E-state index contributed by atoms with van der Waals surface area (Å²) in [6, 6.07) is 13.6. The monoisotopic (exact) mass is 409 g/mol. The Balaban J connectivity index is 1.72. The van der Waals surface area contributed by atoms with E-state index in [0.717, 1.165) is 26.2 Å². The van der Waals surface area contributed by atoms with E-state index in [-0.39, 0.29) is 11.3 Å². The van der Waals surface area contributed by atoms with Crippen molar-refractivity contribution in [3.63, 3.8) is 0 Å². The minimum atomic E-state index is -0.756.